The van der Waals surface area contributed by atoms with Crippen LogP contribution in [-0.2, 0) is 70.7 Å². The molecule has 1 saturated carbocycles. The van der Waals surface area contributed by atoms with Crippen molar-refractivity contribution in [3.63, 3.8) is 0 Å². The quantitative estimate of drug-likeness (QED) is 0.0117. The van der Waals surface area contributed by atoms with Crippen LogP contribution < -0.4 is 0 Å². The first-order valence-corrected chi connectivity index (χ1v) is 50.3. The van der Waals surface area contributed by atoms with E-state index in [9.17, 15) is 74.6 Å². The molecule has 0 bridgehead atoms. The van der Waals surface area contributed by atoms with Gasteiger partial charge in [-0.1, -0.05) is 387 Å². The summed E-state index contributed by atoms with van der Waals surface area (Å²) in [5.41, 5.74) is 0. The number of hydrogen-bond acceptors (Lipinski definition) is 24. The van der Waals surface area contributed by atoms with E-state index in [1.807, 2.05) is 0 Å². The van der Waals surface area contributed by atoms with E-state index < -0.39 is 162 Å². The summed E-state index contributed by atoms with van der Waals surface area (Å²) in [5.74, 6) is -2.94. The molecule has 10 N–H and O–H groups in total. The lowest BCUT2D eigenvalue weighted by atomic mass is 9.84. The molecule has 1 aliphatic carbocycles. The molecule has 0 amide bonds. The molecule has 3 fully saturated rings. The number of ether oxygens (including phenoxy) is 8. The minimum absolute atomic E-state index is 0.0204. The van der Waals surface area contributed by atoms with Crippen LogP contribution in [0.4, 0.5) is 0 Å². The van der Waals surface area contributed by atoms with Gasteiger partial charge >= 0.3 is 31.7 Å². The Morgan fingerprint density at radius 1 is 0.303 bits per heavy atom. The molecule has 2 heterocycles. The number of hydrogen-bond donors (Lipinski definition) is 10. The van der Waals surface area contributed by atoms with Crippen LogP contribution in [0.3, 0.4) is 0 Å². The average Bonchev–Trinajstić information content (AvgIpc) is 0.754. The zero-order valence-corrected chi connectivity index (χ0v) is 75.8. The highest BCUT2D eigenvalue weighted by molar-refractivity contribution is 7.47. The van der Waals surface area contributed by atoms with E-state index in [2.05, 4.69) is 27.7 Å². The molecule has 702 valence electrons. The molecule has 2 saturated heterocycles. The largest absolute Gasteiger partial charge is 0.472 e. The Bertz CT molecular complexity index is 2470. The molecule has 0 aromatic heterocycles. The third-order valence-electron chi connectivity index (χ3n) is 24.1. The Labute approximate surface area is 719 Å². The van der Waals surface area contributed by atoms with Crippen molar-refractivity contribution in [1.82, 2.24) is 0 Å². The minimum atomic E-state index is -5.80. The zero-order chi connectivity index (χ0) is 86.8. The highest BCUT2D eigenvalue weighted by Crippen LogP contribution is 2.49. The number of phosphoric ester groups is 1. The molecule has 2 aliphatic heterocycles. The zero-order valence-electron chi connectivity index (χ0n) is 74.9. The second-order valence-corrected chi connectivity index (χ2v) is 36.4. The van der Waals surface area contributed by atoms with Gasteiger partial charge in [0.05, 0.1) is 13.2 Å². The molecule has 0 aromatic rings. The fourth-order valence-corrected chi connectivity index (χ4v) is 17.3. The summed E-state index contributed by atoms with van der Waals surface area (Å²) in [6.45, 7) is 5.66. The Kier molecular flexibility index (Phi) is 67.4. The Morgan fingerprint density at radius 2 is 0.580 bits per heavy atom. The number of esters is 4. The van der Waals surface area contributed by atoms with E-state index in [0.29, 0.717) is 32.1 Å². The Morgan fingerprint density at radius 3 is 0.916 bits per heavy atom. The fourth-order valence-electron chi connectivity index (χ4n) is 16.4. The third kappa shape index (κ3) is 52.4. The van der Waals surface area contributed by atoms with E-state index in [0.717, 1.165) is 128 Å². The molecule has 18 atom stereocenters. The van der Waals surface area contributed by atoms with Gasteiger partial charge in [-0.3, -0.25) is 28.2 Å². The van der Waals surface area contributed by atoms with Crippen LogP contribution in [0, 0.1) is 0 Å². The minimum Gasteiger partial charge on any atom is -0.463 e. The van der Waals surface area contributed by atoms with Crippen molar-refractivity contribution < 1.29 is 122 Å². The van der Waals surface area contributed by atoms with Crippen LogP contribution in [0.15, 0.2) is 0 Å². The number of carbonyl (C=O) groups is 4. The van der Waals surface area contributed by atoms with Crippen LogP contribution in [0.2, 0.25) is 0 Å². The normalized spacial score (nSPS) is 24.8. The van der Waals surface area contributed by atoms with E-state index >= 15 is 0 Å². The summed E-state index contributed by atoms with van der Waals surface area (Å²) in [4.78, 5) is 66.6. The van der Waals surface area contributed by atoms with Crippen molar-refractivity contribution >= 4 is 31.7 Å². The van der Waals surface area contributed by atoms with Gasteiger partial charge < -0.3 is 88.7 Å². The van der Waals surface area contributed by atoms with Crippen LogP contribution in [0.5, 0.6) is 0 Å². The van der Waals surface area contributed by atoms with Crippen molar-refractivity contribution in [3.8, 4) is 0 Å². The molecule has 0 aromatic carbocycles. The number of aliphatic hydroxyl groups excluding tert-OH is 9. The predicted molar refractivity (Wildman–Crippen MR) is 463 cm³/mol. The maximum absolute atomic E-state index is 14.9. The van der Waals surface area contributed by atoms with Gasteiger partial charge in [0.2, 0.25) is 0 Å². The molecule has 0 radical (unpaired) electrons. The smallest absolute Gasteiger partial charge is 0.463 e. The number of unbranched alkanes of at least 4 members (excludes halogenated alkanes) is 56. The van der Waals surface area contributed by atoms with Gasteiger partial charge in [-0.25, -0.2) is 4.57 Å². The monoisotopic (exact) mass is 1720 g/mol. The van der Waals surface area contributed by atoms with Gasteiger partial charge in [0, 0.05) is 25.7 Å². The number of phosphoric acid groups is 1. The van der Waals surface area contributed by atoms with Gasteiger partial charge in [0.1, 0.15) is 92.6 Å². The van der Waals surface area contributed by atoms with Crippen LogP contribution in [0.1, 0.15) is 439 Å². The molecular formula is C93H175O25P. The lowest BCUT2D eigenvalue weighted by Crippen LogP contribution is -2.70. The maximum atomic E-state index is 14.9. The van der Waals surface area contributed by atoms with Crippen molar-refractivity contribution in [2.75, 3.05) is 26.4 Å². The molecular weight excluding hydrogens is 1550 g/mol. The standard InChI is InChI=1S/C93H175O25P/c1-5-9-13-17-21-25-29-33-37-41-45-49-53-57-61-65-76(95)109-70-73(112-78(97)67-63-59-55-51-47-43-39-35-31-27-23-19-15-11-7-3)71-111-119(107,108)118-91-89(116-92-86(105)82(101)80(99)74(69-94)113-92)85(104)84(103)88(115-79(98)68-64-60-56-52-48-44-40-36-32-28-24-20-16-12-8-4)90(91)117-93-87(106)83(102)81(100)75(114-93)72-110-77(96)66-62-58-54-50-46-42-38-34-30-26-22-18-14-10-6-2/h73-75,80-94,99-106H,5-72H2,1-4H3,(H,107,108). The van der Waals surface area contributed by atoms with Crippen molar-refractivity contribution in [3.05, 3.63) is 0 Å². The summed E-state index contributed by atoms with van der Waals surface area (Å²) in [7, 11) is -5.80. The lowest BCUT2D eigenvalue weighted by molar-refractivity contribution is -0.360. The first kappa shape index (κ1) is 111. The molecule has 3 aliphatic rings. The number of aliphatic hydroxyl groups is 9. The van der Waals surface area contributed by atoms with Gasteiger partial charge in [-0.05, 0) is 25.7 Å². The summed E-state index contributed by atoms with van der Waals surface area (Å²) in [5, 5.41) is 102. The first-order chi connectivity index (χ1) is 57.7. The molecule has 18 unspecified atom stereocenters. The Hall–Kier alpha value is -2.53. The van der Waals surface area contributed by atoms with Crippen LogP contribution in [0.25, 0.3) is 0 Å². The SMILES string of the molecule is CCCCCCCCCCCCCCCCCC(=O)OCC(COP(=O)(O)OC1C(OC2OC(CO)C(O)C(O)C2O)C(O)C(O)C(OC(=O)CCCCCCCCCCCCCCCCC)C1OC1OC(COC(=O)CCCCCCCCCCCCCCCCC)C(O)C(O)C1O)OC(=O)CCCCCCCCCCCCCCCCC. The second-order valence-electron chi connectivity index (χ2n) is 35.0. The van der Waals surface area contributed by atoms with Crippen LogP contribution >= 0.6 is 7.82 Å². The first-order valence-electron chi connectivity index (χ1n) is 48.8. The Balaban J connectivity index is 1.90. The number of rotatable bonds is 80. The third-order valence-corrected chi connectivity index (χ3v) is 25.1. The molecule has 26 heteroatoms. The summed E-state index contributed by atoms with van der Waals surface area (Å²) < 4.78 is 73.6. The topological polar surface area (TPSA) is 380 Å². The van der Waals surface area contributed by atoms with Gasteiger partial charge in [0.25, 0.3) is 0 Å². The highest BCUT2D eigenvalue weighted by Gasteiger charge is 2.60. The summed E-state index contributed by atoms with van der Waals surface area (Å²) >= 11 is 0. The van der Waals surface area contributed by atoms with Gasteiger partial charge in [-0.15, -0.1) is 0 Å². The molecule has 25 nitrogen and oxygen atoms in total. The van der Waals surface area contributed by atoms with E-state index in [1.54, 1.807) is 0 Å². The van der Waals surface area contributed by atoms with Gasteiger partial charge in [0.15, 0.2) is 24.8 Å². The van der Waals surface area contributed by atoms with Gasteiger partial charge in [-0.2, -0.15) is 0 Å². The van der Waals surface area contributed by atoms with Crippen molar-refractivity contribution in [1.29, 1.82) is 0 Å². The molecule has 0 spiro atoms. The number of carbonyl (C=O) groups excluding carboxylic acids is 4. The highest BCUT2D eigenvalue weighted by atomic mass is 31.2. The van der Waals surface area contributed by atoms with Crippen LogP contribution in [-0.4, -0.2) is 205 Å². The van der Waals surface area contributed by atoms with E-state index in [4.69, 9.17) is 46.9 Å². The second kappa shape index (κ2) is 72.5. The lowest BCUT2D eigenvalue weighted by Gasteiger charge is -2.50. The predicted octanol–water partition coefficient (Wildman–Crippen LogP) is 18.6. The van der Waals surface area contributed by atoms with Crippen molar-refractivity contribution in [2.45, 2.75) is 543 Å². The molecule has 3 rings (SSSR count). The van der Waals surface area contributed by atoms with Crippen molar-refractivity contribution in [2.24, 2.45) is 0 Å². The summed E-state index contributed by atoms with van der Waals surface area (Å²) in [6.07, 6.45) is 30.7. The van der Waals surface area contributed by atoms with E-state index in [-0.39, 0.29) is 25.7 Å². The average molecular weight is 1720 g/mol. The fraction of sp³-hybridized carbons (Fsp3) is 0.957. The maximum Gasteiger partial charge on any atom is 0.472 e. The molecule has 119 heavy (non-hydrogen) atoms. The summed E-state index contributed by atoms with van der Waals surface area (Å²) in [6, 6.07) is 0. The van der Waals surface area contributed by atoms with E-state index in [1.165, 1.54) is 225 Å².